The van der Waals surface area contributed by atoms with Crippen LogP contribution >= 0.6 is 0 Å². The van der Waals surface area contributed by atoms with Crippen LogP contribution in [0.1, 0.15) is 83.1 Å². The number of carbonyl (C=O) groups is 3. The van der Waals surface area contributed by atoms with E-state index in [0.29, 0.717) is 25.8 Å². The number of aromatic nitrogens is 1. The zero-order chi connectivity index (χ0) is 31.2. The summed E-state index contributed by atoms with van der Waals surface area (Å²) in [7, 11) is 0. The van der Waals surface area contributed by atoms with Gasteiger partial charge in [0.15, 0.2) is 0 Å². The molecule has 0 spiro atoms. The minimum absolute atomic E-state index is 0.0732. The van der Waals surface area contributed by atoms with Crippen LogP contribution in [0.4, 0.5) is 0 Å². The van der Waals surface area contributed by atoms with Crippen molar-refractivity contribution < 1.29 is 19.5 Å². The average molecular weight is 588 g/mol. The van der Waals surface area contributed by atoms with E-state index in [1.165, 1.54) is 0 Å². The van der Waals surface area contributed by atoms with E-state index in [4.69, 9.17) is 0 Å². The molecule has 0 aliphatic rings. The third kappa shape index (κ3) is 23.0. The molecule has 43 heavy (non-hydrogen) atoms. The Bertz CT molecular complexity index is 1110. The molecule has 1 rings (SSSR count). The molecular formula is C36H49N3O4. The third-order valence-electron chi connectivity index (χ3n) is 6.06. The SMILES string of the molecule is CCC=CCC=CCC=CCC=CCC=CCC=CCCC(=O)NCCCC(NC(=O)CC=Cc1cccnc1)C(=O)O. The standard InChI is InChI=1S/C36H49N3O4/c1-2-3-4-5-6-7-8-9-10-11-12-13-14-15-16-17-18-19-20-27-34(40)38-30-23-26-33(36(42)43)39-35(41)28-21-24-32-25-22-29-37-31-32/h3-4,6-7,9-10,12-13,15-16,18-19,21-22,24-25,29,31,33H,2,5,8,11,14,17,20,23,26-28,30H2,1H3,(H,38,40)(H,39,41)(H,42,43). The van der Waals surface area contributed by atoms with Crippen LogP contribution in [0.5, 0.6) is 0 Å². The summed E-state index contributed by atoms with van der Waals surface area (Å²) in [6, 6.07) is 2.67. The van der Waals surface area contributed by atoms with Gasteiger partial charge in [0.1, 0.15) is 6.04 Å². The molecule has 7 heteroatoms. The van der Waals surface area contributed by atoms with E-state index in [1.807, 2.05) is 18.2 Å². The monoisotopic (exact) mass is 587 g/mol. The molecule has 0 saturated heterocycles. The largest absolute Gasteiger partial charge is 0.480 e. The second-order valence-corrected chi connectivity index (χ2v) is 9.80. The van der Waals surface area contributed by atoms with Crippen LogP contribution in [0, 0.1) is 0 Å². The van der Waals surface area contributed by atoms with E-state index < -0.39 is 12.0 Å². The van der Waals surface area contributed by atoms with Crippen LogP contribution < -0.4 is 10.6 Å². The van der Waals surface area contributed by atoms with Crippen molar-refractivity contribution in [3.63, 3.8) is 0 Å². The normalized spacial score (nSPS) is 13.0. The number of nitrogens with one attached hydrogen (secondary N) is 2. The molecule has 0 aliphatic heterocycles. The maximum absolute atomic E-state index is 12.1. The zero-order valence-corrected chi connectivity index (χ0v) is 25.6. The average Bonchev–Trinajstić information content (AvgIpc) is 3.00. The lowest BCUT2D eigenvalue weighted by Crippen LogP contribution is -2.41. The number of hydrogen-bond acceptors (Lipinski definition) is 4. The van der Waals surface area contributed by atoms with Gasteiger partial charge in [0.05, 0.1) is 0 Å². The highest BCUT2D eigenvalue weighted by Gasteiger charge is 2.18. The molecule has 0 bridgehead atoms. The van der Waals surface area contributed by atoms with E-state index in [9.17, 15) is 19.5 Å². The Morgan fingerprint density at radius 2 is 1.40 bits per heavy atom. The van der Waals surface area contributed by atoms with Gasteiger partial charge in [0.2, 0.25) is 11.8 Å². The van der Waals surface area contributed by atoms with E-state index in [0.717, 1.165) is 44.1 Å². The lowest BCUT2D eigenvalue weighted by Gasteiger charge is -2.14. The van der Waals surface area contributed by atoms with Crippen LogP contribution in [0.15, 0.2) is 104 Å². The summed E-state index contributed by atoms with van der Waals surface area (Å²) in [4.78, 5) is 39.6. The summed E-state index contributed by atoms with van der Waals surface area (Å²) in [6.07, 6.45) is 40.1. The van der Waals surface area contributed by atoms with Gasteiger partial charge >= 0.3 is 5.97 Å². The Kier molecular flexibility index (Phi) is 22.8. The van der Waals surface area contributed by atoms with E-state index in [2.05, 4.69) is 83.3 Å². The topological polar surface area (TPSA) is 108 Å². The van der Waals surface area contributed by atoms with Gasteiger partial charge in [0, 0.05) is 31.8 Å². The molecule has 7 nitrogen and oxygen atoms in total. The smallest absolute Gasteiger partial charge is 0.326 e. The van der Waals surface area contributed by atoms with Gasteiger partial charge < -0.3 is 15.7 Å². The van der Waals surface area contributed by atoms with Crippen molar-refractivity contribution in [1.29, 1.82) is 0 Å². The highest BCUT2D eigenvalue weighted by atomic mass is 16.4. The van der Waals surface area contributed by atoms with Crippen LogP contribution in [0.2, 0.25) is 0 Å². The minimum atomic E-state index is -1.09. The molecule has 1 aromatic rings. The number of carbonyl (C=O) groups excluding carboxylic acids is 2. The molecule has 2 amide bonds. The van der Waals surface area contributed by atoms with Crippen molar-refractivity contribution in [3.05, 3.63) is 109 Å². The number of hydrogen-bond donors (Lipinski definition) is 3. The fourth-order valence-corrected chi connectivity index (χ4v) is 3.76. The first-order valence-electron chi connectivity index (χ1n) is 15.3. The summed E-state index contributed by atoms with van der Waals surface area (Å²) in [6.45, 7) is 2.51. The fourth-order valence-electron chi connectivity index (χ4n) is 3.76. The summed E-state index contributed by atoms with van der Waals surface area (Å²) < 4.78 is 0. The van der Waals surface area contributed by atoms with Crippen molar-refractivity contribution >= 4 is 23.9 Å². The van der Waals surface area contributed by atoms with E-state index in [1.54, 1.807) is 30.6 Å². The summed E-state index contributed by atoms with van der Waals surface area (Å²) >= 11 is 0. The van der Waals surface area contributed by atoms with Gasteiger partial charge in [0.25, 0.3) is 0 Å². The fraction of sp³-hybridized carbons (Fsp3) is 0.389. The van der Waals surface area contributed by atoms with E-state index in [-0.39, 0.29) is 24.7 Å². The van der Waals surface area contributed by atoms with E-state index >= 15 is 0 Å². The second-order valence-electron chi connectivity index (χ2n) is 9.80. The van der Waals surface area contributed by atoms with Gasteiger partial charge in [-0.1, -0.05) is 98.1 Å². The molecule has 0 radical (unpaired) electrons. The summed E-state index contributed by atoms with van der Waals surface area (Å²) in [5.41, 5.74) is 0.863. The van der Waals surface area contributed by atoms with Crippen LogP contribution in [0.3, 0.4) is 0 Å². The zero-order valence-electron chi connectivity index (χ0n) is 25.6. The number of nitrogens with zero attached hydrogens (tertiary/aromatic N) is 1. The van der Waals surface area contributed by atoms with Crippen LogP contribution in [-0.2, 0) is 14.4 Å². The summed E-state index contributed by atoms with van der Waals surface area (Å²) in [5, 5.41) is 14.8. The Balaban J connectivity index is 2.08. The van der Waals surface area contributed by atoms with Crippen molar-refractivity contribution in [2.75, 3.05) is 6.54 Å². The Morgan fingerprint density at radius 3 is 1.93 bits per heavy atom. The third-order valence-corrected chi connectivity index (χ3v) is 6.06. The highest BCUT2D eigenvalue weighted by molar-refractivity contribution is 5.84. The number of aliphatic carboxylic acids is 1. The van der Waals surface area contributed by atoms with Crippen molar-refractivity contribution in [3.8, 4) is 0 Å². The molecule has 0 saturated carbocycles. The second kappa shape index (κ2) is 26.6. The molecule has 1 heterocycles. The molecule has 1 atom stereocenters. The predicted molar refractivity (Wildman–Crippen MR) is 177 cm³/mol. The Labute approximate surface area is 258 Å². The Hall–Kier alpha value is -4.26. The highest BCUT2D eigenvalue weighted by Crippen LogP contribution is 2.03. The molecule has 3 N–H and O–H groups in total. The number of allylic oxidation sites excluding steroid dienone is 12. The molecule has 0 fully saturated rings. The molecule has 1 aromatic heterocycles. The molecule has 0 aliphatic carbocycles. The quantitative estimate of drug-likeness (QED) is 0.0912. The van der Waals surface area contributed by atoms with Crippen molar-refractivity contribution in [2.45, 2.75) is 83.6 Å². The lowest BCUT2D eigenvalue weighted by molar-refractivity contribution is -0.141. The van der Waals surface area contributed by atoms with Crippen molar-refractivity contribution in [2.24, 2.45) is 0 Å². The Morgan fingerprint density at radius 1 is 0.814 bits per heavy atom. The number of carboxylic acid groups (broad SMARTS) is 1. The minimum Gasteiger partial charge on any atom is -0.480 e. The molecular weight excluding hydrogens is 538 g/mol. The molecule has 0 aromatic carbocycles. The maximum Gasteiger partial charge on any atom is 0.326 e. The lowest BCUT2D eigenvalue weighted by atomic mass is 10.1. The summed E-state index contributed by atoms with van der Waals surface area (Å²) in [5.74, 6) is -1.53. The van der Waals surface area contributed by atoms with Gasteiger partial charge in [-0.15, -0.1) is 0 Å². The van der Waals surface area contributed by atoms with Crippen LogP contribution in [-0.4, -0.2) is 40.5 Å². The van der Waals surface area contributed by atoms with Crippen LogP contribution in [0.25, 0.3) is 6.08 Å². The van der Waals surface area contributed by atoms with Gasteiger partial charge in [-0.2, -0.15) is 0 Å². The first kappa shape index (κ1) is 36.8. The number of rotatable bonds is 23. The number of carboxylic acids is 1. The van der Waals surface area contributed by atoms with Gasteiger partial charge in [-0.05, 0) is 69.4 Å². The van der Waals surface area contributed by atoms with Gasteiger partial charge in [-0.3, -0.25) is 14.6 Å². The maximum atomic E-state index is 12.1. The van der Waals surface area contributed by atoms with Gasteiger partial charge in [-0.25, -0.2) is 4.79 Å². The first-order chi connectivity index (χ1) is 21.0. The molecule has 232 valence electrons. The molecule has 1 unspecified atom stereocenters. The number of pyridine rings is 1. The van der Waals surface area contributed by atoms with Crippen molar-refractivity contribution in [1.82, 2.24) is 15.6 Å². The predicted octanol–water partition coefficient (Wildman–Crippen LogP) is 7.43. The number of amides is 2. The first-order valence-corrected chi connectivity index (χ1v) is 15.3.